The number of ether oxygens (including phenoxy) is 2. The minimum Gasteiger partial charge on any atom is -0.476 e. The van der Waals surface area contributed by atoms with E-state index >= 15 is 0 Å². The van der Waals surface area contributed by atoms with Crippen molar-refractivity contribution < 1.29 is 41.7 Å². The number of aromatic nitrogens is 1. The number of hydrogen-bond acceptors (Lipinski definition) is 5. The number of carboxylic acid groups (broad SMARTS) is 1. The molecule has 3 saturated heterocycles. The Hall–Kier alpha value is -2.63. The van der Waals surface area contributed by atoms with Crippen molar-refractivity contribution in [2.75, 3.05) is 39.4 Å². The normalized spacial score (nSPS) is 21.7. The number of aliphatic carboxylic acids is 1. The van der Waals surface area contributed by atoms with Gasteiger partial charge in [-0.15, -0.1) is 0 Å². The molecule has 0 aromatic carbocycles. The number of alkyl halides is 3. The maximum absolute atomic E-state index is 13.5. The lowest BCUT2D eigenvalue weighted by Crippen LogP contribution is -2.67. The van der Waals surface area contributed by atoms with E-state index in [-0.39, 0.29) is 17.5 Å². The predicted octanol–water partition coefficient (Wildman–Crippen LogP) is 2.93. The van der Waals surface area contributed by atoms with E-state index in [1.807, 2.05) is 9.80 Å². The van der Waals surface area contributed by atoms with Gasteiger partial charge in [-0.05, 0) is 43.7 Å². The number of carbonyl (C=O) groups is 2. The van der Waals surface area contributed by atoms with E-state index in [1.54, 1.807) is 6.07 Å². The number of carboxylic acids is 1. The lowest BCUT2D eigenvalue weighted by molar-refractivity contribution is -0.192. The SMILES string of the molecule is O=C(N1CCCC1)N1CC2(C1)OCCC2CCOc1ncccc1F.O=C(O)C(F)(F)F. The van der Waals surface area contributed by atoms with Crippen molar-refractivity contribution in [3.8, 4) is 5.88 Å². The molecule has 4 heterocycles. The number of likely N-dealkylation sites (tertiary alicyclic amines) is 2. The highest BCUT2D eigenvalue weighted by Crippen LogP contribution is 2.42. The summed E-state index contributed by atoms with van der Waals surface area (Å²) in [5.74, 6) is -2.81. The van der Waals surface area contributed by atoms with Gasteiger partial charge < -0.3 is 24.4 Å². The molecule has 178 valence electrons. The summed E-state index contributed by atoms with van der Waals surface area (Å²) in [6.45, 7) is 4.18. The Morgan fingerprint density at radius 3 is 2.50 bits per heavy atom. The summed E-state index contributed by atoms with van der Waals surface area (Å²) in [7, 11) is 0. The molecule has 1 unspecified atom stereocenters. The molecule has 32 heavy (non-hydrogen) atoms. The first kappa shape index (κ1) is 24.0. The zero-order valence-corrected chi connectivity index (χ0v) is 17.3. The van der Waals surface area contributed by atoms with E-state index < -0.39 is 18.0 Å². The number of amides is 2. The Bertz CT molecular complexity index is 811. The van der Waals surface area contributed by atoms with Crippen LogP contribution in [0, 0.1) is 11.7 Å². The monoisotopic (exact) mass is 463 g/mol. The van der Waals surface area contributed by atoms with Crippen LogP contribution in [0.4, 0.5) is 22.4 Å². The van der Waals surface area contributed by atoms with Crippen LogP contribution in [0.25, 0.3) is 0 Å². The van der Waals surface area contributed by atoms with Crippen molar-refractivity contribution in [3.63, 3.8) is 0 Å². The largest absolute Gasteiger partial charge is 0.490 e. The summed E-state index contributed by atoms with van der Waals surface area (Å²) in [6.07, 6.45) is 0.379. The maximum Gasteiger partial charge on any atom is 0.490 e. The highest BCUT2D eigenvalue weighted by Gasteiger charge is 2.54. The van der Waals surface area contributed by atoms with Gasteiger partial charge in [0.15, 0.2) is 5.82 Å². The second-order valence-electron chi connectivity index (χ2n) is 7.96. The molecule has 0 bridgehead atoms. The van der Waals surface area contributed by atoms with Crippen LogP contribution < -0.4 is 4.74 Å². The molecule has 1 spiro atoms. The van der Waals surface area contributed by atoms with E-state index in [9.17, 15) is 22.4 Å². The number of hydrogen-bond donors (Lipinski definition) is 1. The molecule has 2 amide bonds. The van der Waals surface area contributed by atoms with Crippen molar-refractivity contribution in [1.82, 2.24) is 14.8 Å². The van der Waals surface area contributed by atoms with Crippen LogP contribution in [-0.2, 0) is 9.53 Å². The number of carbonyl (C=O) groups excluding carboxylic acids is 1. The van der Waals surface area contributed by atoms with Crippen LogP contribution in [-0.4, -0.2) is 83.1 Å². The smallest absolute Gasteiger partial charge is 0.476 e. The topological polar surface area (TPSA) is 92.2 Å². The highest BCUT2D eigenvalue weighted by molar-refractivity contribution is 5.76. The summed E-state index contributed by atoms with van der Waals surface area (Å²) < 4.78 is 56.8. The number of rotatable bonds is 4. The third-order valence-corrected chi connectivity index (χ3v) is 5.84. The Morgan fingerprint density at radius 1 is 1.25 bits per heavy atom. The summed E-state index contributed by atoms with van der Waals surface area (Å²) in [4.78, 5) is 29.1. The van der Waals surface area contributed by atoms with Crippen molar-refractivity contribution >= 4 is 12.0 Å². The Kier molecular flexibility index (Phi) is 7.42. The first-order chi connectivity index (χ1) is 15.1. The second-order valence-corrected chi connectivity index (χ2v) is 7.96. The van der Waals surface area contributed by atoms with Gasteiger partial charge >= 0.3 is 18.2 Å². The molecule has 1 N–H and O–H groups in total. The fourth-order valence-corrected chi connectivity index (χ4v) is 4.16. The molecular weight excluding hydrogens is 438 g/mol. The maximum atomic E-state index is 13.5. The summed E-state index contributed by atoms with van der Waals surface area (Å²) in [6, 6.07) is 3.03. The van der Waals surface area contributed by atoms with Gasteiger partial charge in [0.05, 0.1) is 19.7 Å². The van der Waals surface area contributed by atoms with Gasteiger partial charge in [0.25, 0.3) is 0 Å². The third kappa shape index (κ3) is 5.59. The van der Waals surface area contributed by atoms with Gasteiger partial charge in [0, 0.05) is 25.9 Å². The van der Waals surface area contributed by atoms with Gasteiger partial charge in [-0.3, -0.25) is 0 Å². The molecule has 3 fully saturated rings. The molecule has 0 radical (unpaired) electrons. The van der Waals surface area contributed by atoms with Crippen molar-refractivity contribution in [3.05, 3.63) is 24.1 Å². The molecule has 8 nitrogen and oxygen atoms in total. The molecule has 3 aliphatic rings. The fourth-order valence-electron chi connectivity index (χ4n) is 4.16. The molecule has 12 heteroatoms. The summed E-state index contributed by atoms with van der Waals surface area (Å²) in [5, 5.41) is 7.12. The first-order valence-electron chi connectivity index (χ1n) is 10.3. The van der Waals surface area contributed by atoms with Gasteiger partial charge in [0.1, 0.15) is 5.60 Å². The van der Waals surface area contributed by atoms with Gasteiger partial charge in [-0.2, -0.15) is 13.2 Å². The average Bonchev–Trinajstić information content (AvgIpc) is 3.38. The molecule has 1 atom stereocenters. The molecule has 0 aliphatic carbocycles. The third-order valence-electron chi connectivity index (χ3n) is 5.84. The lowest BCUT2D eigenvalue weighted by atomic mass is 9.79. The second kappa shape index (κ2) is 9.88. The van der Waals surface area contributed by atoms with Crippen LogP contribution in [0.2, 0.25) is 0 Å². The number of urea groups is 1. The standard InChI is InChI=1S/C18H24FN3O3.C2HF3O2/c19-15-4-3-7-20-16(15)24-10-5-14-6-11-25-18(14)12-22(13-18)17(23)21-8-1-2-9-21;3-2(4,5)1(6)7/h3-4,7,14H,1-2,5-6,8-13H2;(H,6,7). The molecule has 4 rings (SSSR count). The van der Waals surface area contributed by atoms with Gasteiger partial charge in [-0.25, -0.2) is 19.0 Å². The highest BCUT2D eigenvalue weighted by atomic mass is 19.4. The average molecular weight is 463 g/mol. The molecule has 1 aromatic rings. The van der Waals surface area contributed by atoms with Crippen LogP contribution in [0.3, 0.4) is 0 Å². The minimum absolute atomic E-state index is 0.0508. The van der Waals surface area contributed by atoms with Gasteiger partial charge in [-0.1, -0.05) is 0 Å². The van der Waals surface area contributed by atoms with E-state index in [2.05, 4.69) is 4.98 Å². The van der Waals surface area contributed by atoms with Gasteiger partial charge in [0.2, 0.25) is 5.88 Å². The number of pyridine rings is 1. The molecular formula is C20H25F4N3O5. The minimum atomic E-state index is -5.08. The van der Waals surface area contributed by atoms with E-state index in [4.69, 9.17) is 19.4 Å². The molecule has 3 aliphatic heterocycles. The van der Waals surface area contributed by atoms with Crippen LogP contribution in [0.5, 0.6) is 5.88 Å². The predicted molar refractivity (Wildman–Crippen MR) is 103 cm³/mol. The van der Waals surface area contributed by atoms with Crippen molar-refractivity contribution in [2.24, 2.45) is 5.92 Å². The van der Waals surface area contributed by atoms with Crippen LogP contribution in [0.15, 0.2) is 18.3 Å². The zero-order chi connectivity index (χ0) is 23.4. The van der Waals surface area contributed by atoms with Crippen LogP contribution in [0.1, 0.15) is 25.7 Å². The Labute approximate surface area is 182 Å². The van der Waals surface area contributed by atoms with E-state index in [1.165, 1.54) is 12.3 Å². The fraction of sp³-hybridized carbons (Fsp3) is 0.650. The van der Waals surface area contributed by atoms with E-state index in [0.717, 1.165) is 38.8 Å². The zero-order valence-electron chi connectivity index (χ0n) is 17.3. The first-order valence-corrected chi connectivity index (χ1v) is 10.3. The Balaban J connectivity index is 0.000000360. The summed E-state index contributed by atoms with van der Waals surface area (Å²) >= 11 is 0. The molecule has 1 aromatic heterocycles. The quantitative estimate of drug-likeness (QED) is 0.691. The van der Waals surface area contributed by atoms with Crippen molar-refractivity contribution in [1.29, 1.82) is 0 Å². The summed E-state index contributed by atoms with van der Waals surface area (Å²) in [5.41, 5.74) is -0.235. The molecule has 0 saturated carbocycles. The Morgan fingerprint density at radius 2 is 1.91 bits per heavy atom. The van der Waals surface area contributed by atoms with Crippen LogP contribution >= 0.6 is 0 Å². The number of halogens is 4. The number of nitrogens with zero attached hydrogens (tertiary/aromatic N) is 3. The van der Waals surface area contributed by atoms with Crippen molar-refractivity contribution in [2.45, 2.75) is 37.5 Å². The van der Waals surface area contributed by atoms with E-state index in [0.29, 0.717) is 32.2 Å². The lowest BCUT2D eigenvalue weighted by Gasteiger charge is -2.51.